The summed E-state index contributed by atoms with van der Waals surface area (Å²) in [4.78, 5) is 21.5. The van der Waals surface area contributed by atoms with E-state index in [0.29, 0.717) is 31.0 Å². The minimum atomic E-state index is -0.839. The van der Waals surface area contributed by atoms with Crippen molar-refractivity contribution in [1.29, 1.82) is 0 Å². The topological polar surface area (TPSA) is 92.5 Å². The molecular weight excluding hydrogens is 260 g/mol. The molecule has 0 spiro atoms. The van der Waals surface area contributed by atoms with Gasteiger partial charge in [-0.2, -0.15) is 0 Å². The molecule has 1 unspecified atom stereocenters. The third-order valence-electron chi connectivity index (χ3n) is 3.00. The number of carboxylic acids is 1. The molecule has 1 aromatic rings. The molecular formula is C14H20N2O4. The van der Waals surface area contributed by atoms with E-state index in [0.717, 1.165) is 0 Å². The average molecular weight is 280 g/mol. The first-order valence-electron chi connectivity index (χ1n) is 6.57. The summed E-state index contributed by atoms with van der Waals surface area (Å²) in [6.45, 7) is 4.54. The van der Waals surface area contributed by atoms with Crippen molar-refractivity contribution in [2.24, 2.45) is 11.8 Å². The van der Waals surface area contributed by atoms with Gasteiger partial charge in [0.25, 0.3) is 5.69 Å². The van der Waals surface area contributed by atoms with Crippen LogP contribution in [0.3, 0.4) is 0 Å². The Morgan fingerprint density at radius 1 is 1.40 bits per heavy atom. The molecule has 110 valence electrons. The van der Waals surface area contributed by atoms with E-state index < -0.39 is 16.8 Å². The first-order chi connectivity index (χ1) is 9.41. The normalized spacial score (nSPS) is 12.3. The van der Waals surface area contributed by atoms with Crippen LogP contribution in [-0.4, -0.2) is 22.5 Å². The molecule has 0 aliphatic rings. The van der Waals surface area contributed by atoms with E-state index in [1.807, 2.05) is 13.8 Å². The van der Waals surface area contributed by atoms with E-state index in [1.54, 1.807) is 18.2 Å². The molecule has 6 heteroatoms. The fraction of sp³-hybridized carbons (Fsp3) is 0.500. The van der Waals surface area contributed by atoms with Gasteiger partial charge < -0.3 is 10.4 Å². The zero-order chi connectivity index (χ0) is 15.1. The van der Waals surface area contributed by atoms with Crippen LogP contribution in [0.25, 0.3) is 0 Å². The zero-order valence-electron chi connectivity index (χ0n) is 11.7. The second kappa shape index (κ2) is 7.59. The lowest BCUT2D eigenvalue weighted by Gasteiger charge is -2.15. The van der Waals surface area contributed by atoms with Crippen molar-refractivity contribution >= 4 is 11.7 Å². The van der Waals surface area contributed by atoms with E-state index in [1.165, 1.54) is 6.07 Å². The van der Waals surface area contributed by atoms with Crippen LogP contribution in [0.15, 0.2) is 24.3 Å². The minimum Gasteiger partial charge on any atom is -0.481 e. The van der Waals surface area contributed by atoms with Gasteiger partial charge in [0.15, 0.2) is 0 Å². The molecule has 1 atom stereocenters. The maximum Gasteiger partial charge on any atom is 0.307 e. The van der Waals surface area contributed by atoms with Crippen LogP contribution in [0.4, 0.5) is 5.69 Å². The smallest absolute Gasteiger partial charge is 0.307 e. The van der Waals surface area contributed by atoms with E-state index in [-0.39, 0.29) is 5.69 Å². The summed E-state index contributed by atoms with van der Waals surface area (Å²) in [5, 5.41) is 23.0. The van der Waals surface area contributed by atoms with Crippen LogP contribution in [0.2, 0.25) is 0 Å². The SMILES string of the molecule is CC(C)CC(CNCc1ccccc1[N+](=O)[O-])C(=O)O. The second-order valence-electron chi connectivity index (χ2n) is 5.18. The lowest BCUT2D eigenvalue weighted by Crippen LogP contribution is -2.29. The van der Waals surface area contributed by atoms with Gasteiger partial charge in [-0.05, 0) is 12.3 Å². The molecule has 0 heterocycles. The number of nitro benzene ring substituents is 1. The number of aliphatic carboxylic acids is 1. The van der Waals surface area contributed by atoms with Gasteiger partial charge in [-0.15, -0.1) is 0 Å². The van der Waals surface area contributed by atoms with Crippen LogP contribution in [0.5, 0.6) is 0 Å². The van der Waals surface area contributed by atoms with Gasteiger partial charge in [-0.1, -0.05) is 32.0 Å². The number of carbonyl (C=O) groups is 1. The molecule has 1 aromatic carbocycles. The van der Waals surface area contributed by atoms with E-state index in [9.17, 15) is 14.9 Å². The van der Waals surface area contributed by atoms with Gasteiger partial charge in [0.2, 0.25) is 0 Å². The fourth-order valence-electron chi connectivity index (χ4n) is 2.06. The maximum atomic E-state index is 11.1. The summed E-state index contributed by atoms with van der Waals surface area (Å²) in [6.07, 6.45) is 0.583. The molecule has 20 heavy (non-hydrogen) atoms. The summed E-state index contributed by atoms with van der Waals surface area (Å²) >= 11 is 0. The zero-order valence-corrected chi connectivity index (χ0v) is 11.7. The highest BCUT2D eigenvalue weighted by Gasteiger charge is 2.19. The Morgan fingerprint density at radius 2 is 2.05 bits per heavy atom. The molecule has 2 N–H and O–H groups in total. The van der Waals surface area contributed by atoms with Gasteiger partial charge in [0, 0.05) is 24.7 Å². The van der Waals surface area contributed by atoms with Crippen LogP contribution in [-0.2, 0) is 11.3 Å². The summed E-state index contributed by atoms with van der Waals surface area (Å²) in [5.41, 5.74) is 0.613. The van der Waals surface area contributed by atoms with Gasteiger partial charge in [-0.25, -0.2) is 0 Å². The molecule has 0 amide bonds. The van der Waals surface area contributed by atoms with Crippen LogP contribution < -0.4 is 5.32 Å². The van der Waals surface area contributed by atoms with Gasteiger partial charge in [-0.3, -0.25) is 14.9 Å². The second-order valence-corrected chi connectivity index (χ2v) is 5.18. The monoisotopic (exact) mass is 280 g/mol. The van der Waals surface area contributed by atoms with Crippen molar-refractivity contribution in [1.82, 2.24) is 5.32 Å². The Labute approximate surface area is 118 Å². The van der Waals surface area contributed by atoms with E-state index in [2.05, 4.69) is 5.32 Å². The molecule has 0 aliphatic carbocycles. The molecule has 0 radical (unpaired) electrons. The molecule has 0 aliphatic heterocycles. The molecule has 6 nitrogen and oxygen atoms in total. The highest BCUT2D eigenvalue weighted by Crippen LogP contribution is 2.17. The lowest BCUT2D eigenvalue weighted by atomic mass is 9.97. The number of hydrogen-bond acceptors (Lipinski definition) is 4. The van der Waals surface area contributed by atoms with Crippen LogP contribution in [0.1, 0.15) is 25.8 Å². The number of nitrogens with zero attached hydrogens (tertiary/aromatic N) is 1. The number of carboxylic acid groups (broad SMARTS) is 1. The standard InChI is InChI=1S/C14H20N2O4/c1-10(2)7-12(14(17)18)9-15-8-11-5-3-4-6-13(11)16(19)20/h3-6,10,12,15H,7-9H2,1-2H3,(H,17,18). The molecule has 0 bridgehead atoms. The Kier molecular flexibility index (Phi) is 6.11. The Bertz CT molecular complexity index is 474. The van der Waals surface area contributed by atoms with Crippen molar-refractivity contribution in [3.8, 4) is 0 Å². The van der Waals surface area contributed by atoms with Crippen LogP contribution in [0, 0.1) is 22.0 Å². The first kappa shape index (κ1) is 16.1. The highest BCUT2D eigenvalue weighted by atomic mass is 16.6. The van der Waals surface area contributed by atoms with Crippen molar-refractivity contribution in [2.75, 3.05) is 6.54 Å². The third-order valence-corrected chi connectivity index (χ3v) is 3.00. The molecule has 0 aromatic heterocycles. The Balaban J connectivity index is 2.59. The average Bonchev–Trinajstić information content (AvgIpc) is 2.37. The predicted octanol–water partition coefficient (Wildman–Crippen LogP) is 2.43. The van der Waals surface area contributed by atoms with Crippen molar-refractivity contribution in [3.05, 3.63) is 39.9 Å². The van der Waals surface area contributed by atoms with Crippen molar-refractivity contribution in [3.63, 3.8) is 0 Å². The largest absolute Gasteiger partial charge is 0.481 e. The summed E-state index contributed by atoms with van der Waals surface area (Å²) in [6, 6.07) is 6.45. The highest BCUT2D eigenvalue weighted by molar-refractivity contribution is 5.70. The number of benzene rings is 1. The van der Waals surface area contributed by atoms with Crippen molar-refractivity contribution in [2.45, 2.75) is 26.8 Å². The van der Waals surface area contributed by atoms with Crippen molar-refractivity contribution < 1.29 is 14.8 Å². The Morgan fingerprint density at radius 3 is 2.60 bits per heavy atom. The molecule has 1 rings (SSSR count). The fourth-order valence-corrected chi connectivity index (χ4v) is 2.06. The van der Waals surface area contributed by atoms with Gasteiger partial charge in [0.05, 0.1) is 10.8 Å². The molecule has 0 fully saturated rings. The molecule has 0 saturated heterocycles. The van der Waals surface area contributed by atoms with E-state index >= 15 is 0 Å². The van der Waals surface area contributed by atoms with Crippen LogP contribution >= 0.6 is 0 Å². The maximum absolute atomic E-state index is 11.1. The summed E-state index contributed by atoms with van der Waals surface area (Å²) in [5.74, 6) is -1.02. The number of para-hydroxylation sites is 1. The number of nitrogens with one attached hydrogen (secondary N) is 1. The van der Waals surface area contributed by atoms with E-state index in [4.69, 9.17) is 5.11 Å². The number of rotatable bonds is 8. The predicted molar refractivity (Wildman–Crippen MR) is 75.4 cm³/mol. The number of nitro groups is 1. The van der Waals surface area contributed by atoms with Gasteiger partial charge >= 0.3 is 5.97 Å². The first-order valence-corrected chi connectivity index (χ1v) is 6.57. The number of hydrogen-bond donors (Lipinski definition) is 2. The lowest BCUT2D eigenvalue weighted by molar-refractivity contribution is -0.385. The summed E-state index contributed by atoms with van der Waals surface area (Å²) in [7, 11) is 0. The summed E-state index contributed by atoms with van der Waals surface area (Å²) < 4.78 is 0. The third kappa shape index (κ3) is 4.97. The Hall–Kier alpha value is -1.95. The van der Waals surface area contributed by atoms with Gasteiger partial charge in [0.1, 0.15) is 0 Å². The molecule has 0 saturated carbocycles. The minimum absolute atomic E-state index is 0.0516. The quantitative estimate of drug-likeness (QED) is 0.563.